The summed E-state index contributed by atoms with van der Waals surface area (Å²) in [5.74, 6) is 0.115. The summed E-state index contributed by atoms with van der Waals surface area (Å²) < 4.78 is 10.1. The van der Waals surface area contributed by atoms with Crippen molar-refractivity contribution in [2.75, 3.05) is 39.9 Å². The number of morpholine rings is 1. The Morgan fingerprint density at radius 1 is 1.53 bits per heavy atom. The van der Waals surface area contributed by atoms with Crippen molar-refractivity contribution in [3.63, 3.8) is 0 Å². The number of nitrogens with zero attached hydrogens (tertiary/aromatic N) is 3. The second-order valence-electron chi connectivity index (χ2n) is 5.00. The Balaban J connectivity index is 1.80. The topological polar surface area (TPSA) is 58.8 Å². The van der Waals surface area contributed by atoms with Gasteiger partial charge in [0.15, 0.2) is 0 Å². The standard InChI is InChI=1S/C13H21N3O3/c1-11(9-16-4-7-18-8-5-16)13(17)15(2)10-12-3-6-19-14-12/h3,6,11H,4-5,7-10H2,1-2H3/t11-/m1/s1. The quantitative estimate of drug-likeness (QED) is 0.782. The van der Waals surface area contributed by atoms with E-state index >= 15 is 0 Å². The minimum absolute atomic E-state index is 0.0185. The average molecular weight is 267 g/mol. The Morgan fingerprint density at radius 3 is 2.89 bits per heavy atom. The van der Waals surface area contributed by atoms with Crippen molar-refractivity contribution in [3.8, 4) is 0 Å². The van der Waals surface area contributed by atoms with Gasteiger partial charge >= 0.3 is 0 Å². The van der Waals surface area contributed by atoms with Crippen LogP contribution in [0, 0.1) is 5.92 Å². The first-order chi connectivity index (χ1) is 9.16. The maximum absolute atomic E-state index is 12.3. The summed E-state index contributed by atoms with van der Waals surface area (Å²) in [6.07, 6.45) is 1.52. The summed E-state index contributed by atoms with van der Waals surface area (Å²) in [7, 11) is 1.80. The smallest absolute Gasteiger partial charge is 0.226 e. The molecule has 19 heavy (non-hydrogen) atoms. The predicted molar refractivity (Wildman–Crippen MR) is 69.4 cm³/mol. The van der Waals surface area contributed by atoms with Crippen molar-refractivity contribution in [1.29, 1.82) is 0 Å². The van der Waals surface area contributed by atoms with Gasteiger partial charge in [-0.05, 0) is 0 Å². The molecular formula is C13H21N3O3. The highest BCUT2D eigenvalue weighted by atomic mass is 16.5. The number of carbonyl (C=O) groups is 1. The van der Waals surface area contributed by atoms with Crippen molar-refractivity contribution in [2.45, 2.75) is 13.5 Å². The minimum atomic E-state index is -0.0185. The normalized spacial score (nSPS) is 18.2. The lowest BCUT2D eigenvalue weighted by atomic mass is 10.1. The summed E-state index contributed by atoms with van der Waals surface area (Å²) in [5.41, 5.74) is 0.773. The van der Waals surface area contributed by atoms with Crippen LogP contribution in [0.4, 0.5) is 0 Å². The molecule has 1 aromatic heterocycles. The minimum Gasteiger partial charge on any atom is -0.379 e. The fourth-order valence-electron chi connectivity index (χ4n) is 2.27. The predicted octanol–water partition coefficient (Wildman–Crippen LogP) is 0.601. The molecule has 1 aromatic rings. The molecule has 0 bridgehead atoms. The van der Waals surface area contributed by atoms with Gasteiger partial charge in [-0.1, -0.05) is 12.1 Å². The monoisotopic (exact) mass is 267 g/mol. The molecule has 1 amide bonds. The molecule has 6 heteroatoms. The van der Waals surface area contributed by atoms with Gasteiger partial charge in [0.05, 0.1) is 19.8 Å². The highest BCUT2D eigenvalue weighted by Gasteiger charge is 2.22. The molecule has 0 N–H and O–H groups in total. The van der Waals surface area contributed by atoms with Gasteiger partial charge in [0.1, 0.15) is 12.0 Å². The van der Waals surface area contributed by atoms with E-state index < -0.39 is 0 Å². The van der Waals surface area contributed by atoms with E-state index in [0.717, 1.165) is 38.5 Å². The molecule has 0 unspecified atom stereocenters. The van der Waals surface area contributed by atoms with Crippen LogP contribution in [0.5, 0.6) is 0 Å². The summed E-state index contributed by atoms with van der Waals surface area (Å²) in [6.45, 7) is 6.58. The van der Waals surface area contributed by atoms with E-state index in [0.29, 0.717) is 6.54 Å². The van der Waals surface area contributed by atoms with E-state index in [1.54, 1.807) is 18.0 Å². The van der Waals surface area contributed by atoms with Gasteiger partial charge < -0.3 is 14.2 Å². The lowest BCUT2D eigenvalue weighted by Crippen LogP contribution is -2.43. The maximum atomic E-state index is 12.3. The van der Waals surface area contributed by atoms with E-state index in [-0.39, 0.29) is 11.8 Å². The van der Waals surface area contributed by atoms with Crippen molar-refractivity contribution < 1.29 is 14.1 Å². The molecule has 1 atom stereocenters. The number of carbonyl (C=O) groups excluding carboxylic acids is 1. The SMILES string of the molecule is C[C@H](CN1CCOCC1)C(=O)N(C)Cc1ccon1. The Kier molecular flexibility index (Phi) is 4.93. The van der Waals surface area contributed by atoms with Gasteiger partial charge in [0.25, 0.3) is 0 Å². The Bertz CT molecular complexity index is 388. The first-order valence-electron chi connectivity index (χ1n) is 6.61. The van der Waals surface area contributed by atoms with Crippen LogP contribution in [0.2, 0.25) is 0 Å². The molecule has 0 saturated carbocycles. The van der Waals surface area contributed by atoms with E-state index in [4.69, 9.17) is 9.26 Å². The van der Waals surface area contributed by atoms with E-state index in [1.165, 1.54) is 6.26 Å². The van der Waals surface area contributed by atoms with Gasteiger partial charge in [-0.3, -0.25) is 9.69 Å². The van der Waals surface area contributed by atoms with Gasteiger partial charge in [-0.15, -0.1) is 0 Å². The largest absolute Gasteiger partial charge is 0.379 e. The molecule has 106 valence electrons. The fourth-order valence-corrected chi connectivity index (χ4v) is 2.27. The molecule has 1 aliphatic heterocycles. The summed E-state index contributed by atoms with van der Waals surface area (Å²) in [6, 6.07) is 1.77. The number of aromatic nitrogens is 1. The van der Waals surface area contributed by atoms with Crippen LogP contribution in [-0.2, 0) is 16.1 Å². The van der Waals surface area contributed by atoms with Crippen molar-refractivity contribution in [2.24, 2.45) is 5.92 Å². The Morgan fingerprint density at radius 2 is 2.26 bits per heavy atom. The summed E-state index contributed by atoms with van der Waals surface area (Å²) >= 11 is 0. The Hall–Kier alpha value is -1.40. The lowest BCUT2D eigenvalue weighted by molar-refractivity contribution is -0.135. The molecule has 1 fully saturated rings. The van der Waals surface area contributed by atoms with Crippen LogP contribution in [0.15, 0.2) is 16.9 Å². The van der Waals surface area contributed by atoms with Crippen molar-refractivity contribution >= 4 is 5.91 Å². The lowest BCUT2D eigenvalue weighted by Gasteiger charge is -2.30. The van der Waals surface area contributed by atoms with Crippen LogP contribution in [0.25, 0.3) is 0 Å². The van der Waals surface area contributed by atoms with E-state index in [2.05, 4.69) is 10.1 Å². The van der Waals surface area contributed by atoms with E-state index in [9.17, 15) is 4.79 Å². The van der Waals surface area contributed by atoms with Crippen molar-refractivity contribution in [1.82, 2.24) is 15.0 Å². The second kappa shape index (κ2) is 6.68. The highest BCUT2D eigenvalue weighted by molar-refractivity contribution is 5.78. The van der Waals surface area contributed by atoms with Crippen LogP contribution < -0.4 is 0 Å². The number of ether oxygens (including phenoxy) is 1. The summed E-state index contributed by atoms with van der Waals surface area (Å²) in [5, 5.41) is 3.82. The molecule has 0 aliphatic carbocycles. The fraction of sp³-hybridized carbons (Fsp3) is 0.692. The van der Waals surface area contributed by atoms with Crippen molar-refractivity contribution in [3.05, 3.63) is 18.0 Å². The maximum Gasteiger partial charge on any atom is 0.226 e. The Labute approximate surface area is 113 Å². The highest BCUT2D eigenvalue weighted by Crippen LogP contribution is 2.09. The number of hydrogen-bond donors (Lipinski definition) is 0. The molecule has 0 spiro atoms. The third-order valence-electron chi connectivity index (χ3n) is 3.32. The molecule has 1 saturated heterocycles. The van der Waals surface area contributed by atoms with Crippen LogP contribution in [-0.4, -0.2) is 60.8 Å². The third-order valence-corrected chi connectivity index (χ3v) is 3.32. The molecule has 2 heterocycles. The molecule has 0 radical (unpaired) electrons. The molecule has 1 aliphatic rings. The molecule has 2 rings (SSSR count). The second-order valence-corrected chi connectivity index (χ2v) is 5.00. The number of rotatable bonds is 5. The van der Waals surface area contributed by atoms with Gasteiger partial charge in [0.2, 0.25) is 5.91 Å². The first kappa shape index (κ1) is 14.0. The van der Waals surface area contributed by atoms with Gasteiger partial charge in [0, 0.05) is 38.7 Å². The van der Waals surface area contributed by atoms with Crippen LogP contribution >= 0.6 is 0 Å². The molecule has 0 aromatic carbocycles. The van der Waals surface area contributed by atoms with E-state index in [1.807, 2.05) is 6.92 Å². The third kappa shape index (κ3) is 4.04. The summed E-state index contributed by atoms with van der Waals surface area (Å²) in [4.78, 5) is 16.2. The van der Waals surface area contributed by atoms with Crippen LogP contribution in [0.1, 0.15) is 12.6 Å². The first-order valence-corrected chi connectivity index (χ1v) is 6.61. The van der Waals surface area contributed by atoms with Gasteiger partial charge in [-0.2, -0.15) is 0 Å². The molecule has 6 nitrogen and oxygen atoms in total. The zero-order valence-corrected chi connectivity index (χ0v) is 11.5. The number of amides is 1. The average Bonchev–Trinajstić information content (AvgIpc) is 2.91. The van der Waals surface area contributed by atoms with Crippen LogP contribution in [0.3, 0.4) is 0 Å². The number of hydrogen-bond acceptors (Lipinski definition) is 5. The zero-order chi connectivity index (χ0) is 13.7. The zero-order valence-electron chi connectivity index (χ0n) is 11.5. The van der Waals surface area contributed by atoms with Gasteiger partial charge in [-0.25, -0.2) is 0 Å². The molecular weight excluding hydrogens is 246 g/mol.